The lowest BCUT2D eigenvalue weighted by atomic mass is 9.92. The minimum Gasteiger partial charge on any atom is -0.493 e. The molecular weight excluding hydrogens is 422 g/mol. The number of rotatable bonds is 7. The lowest BCUT2D eigenvalue weighted by Gasteiger charge is -2.14. The maximum Gasteiger partial charge on any atom is 0.174 e. The molecule has 0 aliphatic heterocycles. The molecule has 2 heterocycles. The van der Waals surface area contributed by atoms with E-state index in [0.29, 0.717) is 29.5 Å². The Morgan fingerprint density at radius 1 is 0.848 bits per heavy atom. The Kier molecular flexibility index (Phi) is 5.42. The molecule has 0 bridgehead atoms. The zero-order chi connectivity index (χ0) is 22.9. The molecule has 4 aromatic rings. The van der Waals surface area contributed by atoms with Crippen LogP contribution in [-0.2, 0) is 19.4 Å². The summed E-state index contributed by atoms with van der Waals surface area (Å²) < 4.78 is 29.5. The average molecular weight is 447 g/mol. The molecule has 1 aliphatic carbocycles. The topological polar surface area (TPSA) is 80.8 Å². The summed E-state index contributed by atoms with van der Waals surface area (Å²) in [7, 11) is 6.52. The minimum absolute atomic E-state index is 0.583. The van der Waals surface area contributed by atoms with E-state index in [1.54, 1.807) is 34.6 Å². The second-order valence-corrected chi connectivity index (χ2v) is 7.77. The standard InChI is InChI=1S/C25H25N3O5/c1-29-19-9-5-15(11-21(19)31-3)14-28-18-8-6-17-13-26-33-25(17)23(18)24(27-28)16-7-10-20(30-2)22(12-16)32-4/h5,7,9-13H,6,8,14H2,1-4H3. The second kappa shape index (κ2) is 8.54. The molecule has 8 nitrogen and oxygen atoms in total. The number of hydrogen-bond donors (Lipinski definition) is 0. The van der Waals surface area contributed by atoms with E-state index < -0.39 is 0 Å². The molecule has 33 heavy (non-hydrogen) atoms. The Labute approximate surface area is 191 Å². The highest BCUT2D eigenvalue weighted by Crippen LogP contribution is 2.42. The van der Waals surface area contributed by atoms with Crippen LogP contribution < -0.4 is 18.9 Å². The van der Waals surface area contributed by atoms with Crippen molar-refractivity contribution in [3.8, 4) is 45.6 Å². The number of methoxy groups -OCH3 is 4. The first kappa shape index (κ1) is 20.9. The molecule has 5 rings (SSSR count). The van der Waals surface area contributed by atoms with Crippen LogP contribution in [0, 0.1) is 0 Å². The van der Waals surface area contributed by atoms with Gasteiger partial charge in [0, 0.05) is 11.1 Å². The van der Waals surface area contributed by atoms with Crippen molar-refractivity contribution in [2.45, 2.75) is 19.4 Å². The molecule has 170 valence electrons. The molecule has 0 amide bonds. The highest BCUT2D eigenvalue weighted by molar-refractivity contribution is 5.83. The summed E-state index contributed by atoms with van der Waals surface area (Å²) in [5.74, 6) is 3.47. The van der Waals surface area contributed by atoms with Gasteiger partial charge in [0.25, 0.3) is 0 Å². The lowest BCUT2D eigenvalue weighted by molar-refractivity contribution is 0.354. The highest BCUT2D eigenvalue weighted by atomic mass is 16.5. The number of nitrogens with zero attached hydrogens (tertiary/aromatic N) is 3. The monoisotopic (exact) mass is 447 g/mol. The molecule has 0 spiro atoms. The van der Waals surface area contributed by atoms with Crippen molar-refractivity contribution >= 4 is 0 Å². The summed E-state index contributed by atoms with van der Waals surface area (Å²) in [6, 6.07) is 11.7. The Morgan fingerprint density at radius 2 is 1.55 bits per heavy atom. The third kappa shape index (κ3) is 3.57. The summed E-state index contributed by atoms with van der Waals surface area (Å²) in [5, 5.41) is 9.07. The van der Waals surface area contributed by atoms with Gasteiger partial charge in [-0.1, -0.05) is 11.2 Å². The molecular formula is C25H25N3O5. The fourth-order valence-corrected chi connectivity index (χ4v) is 4.36. The molecule has 0 atom stereocenters. The summed E-state index contributed by atoms with van der Waals surface area (Å²) in [4.78, 5) is 0. The fourth-order valence-electron chi connectivity index (χ4n) is 4.36. The largest absolute Gasteiger partial charge is 0.493 e. The van der Waals surface area contributed by atoms with Crippen LogP contribution in [0.3, 0.4) is 0 Å². The smallest absolute Gasteiger partial charge is 0.174 e. The second-order valence-electron chi connectivity index (χ2n) is 7.77. The molecule has 0 N–H and O–H groups in total. The average Bonchev–Trinajstić information content (AvgIpc) is 3.48. The zero-order valence-corrected chi connectivity index (χ0v) is 19.0. The summed E-state index contributed by atoms with van der Waals surface area (Å²) >= 11 is 0. The van der Waals surface area contributed by atoms with Crippen molar-refractivity contribution in [2.75, 3.05) is 28.4 Å². The lowest BCUT2D eigenvalue weighted by Crippen LogP contribution is -2.10. The van der Waals surface area contributed by atoms with E-state index in [1.807, 2.05) is 41.1 Å². The molecule has 8 heteroatoms. The Morgan fingerprint density at radius 3 is 2.27 bits per heavy atom. The Balaban J connectivity index is 1.63. The van der Waals surface area contributed by atoms with Gasteiger partial charge in [-0.3, -0.25) is 4.68 Å². The molecule has 0 radical (unpaired) electrons. The molecule has 2 aromatic carbocycles. The number of hydrogen-bond acceptors (Lipinski definition) is 7. The van der Waals surface area contributed by atoms with Gasteiger partial charge in [0.15, 0.2) is 28.8 Å². The van der Waals surface area contributed by atoms with Crippen LogP contribution >= 0.6 is 0 Å². The van der Waals surface area contributed by atoms with E-state index in [9.17, 15) is 0 Å². The van der Waals surface area contributed by atoms with Crippen LogP contribution in [-0.4, -0.2) is 43.4 Å². The summed E-state index contributed by atoms with van der Waals surface area (Å²) in [6.45, 7) is 0.583. The first-order chi connectivity index (χ1) is 16.2. The van der Waals surface area contributed by atoms with Gasteiger partial charge in [0.1, 0.15) is 5.69 Å². The molecule has 2 aromatic heterocycles. The molecule has 0 fully saturated rings. The first-order valence-corrected chi connectivity index (χ1v) is 10.6. The van der Waals surface area contributed by atoms with Gasteiger partial charge < -0.3 is 23.5 Å². The van der Waals surface area contributed by atoms with Crippen LogP contribution in [0.5, 0.6) is 23.0 Å². The minimum atomic E-state index is 0.583. The van der Waals surface area contributed by atoms with Gasteiger partial charge in [0.2, 0.25) is 0 Å². The molecule has 0 unspecified atom stereocenters. The van der Waals surface area contributed by atoms with Crippen LogP contribution in [0.4, 0.5) is 0 Å². The van der Waals surface area contributed by atoms with E-state index >= 15 is 0 Å². The van der Waals surface area contributed by atoms with Crippen molar-refractivity contribution in [1.29, 1.82) is 0 Å². The normalized spacial score (nSPS) is 12.1. The molecule has 1 aliphatic rings. The van der Waals surface area contributed by atoms with Gasteiger partial charge in [0.05, 0.1) is 52.4 Å². The first-order valence-electron chi connectivity index (χ1n) is 10.6. The van der Waals surface area contributed by atoms with Crippen LogP contribution in [0.15, 0.2) is 47.1 Å². The number of aryl methyl sites for hydroxylation is 1. The third-order valence-corrected chi connectivity index (χ3v) is 6.00. The maximum atomic E-state index is 5.68. The quantitative estimate of drug-likeness (QED) is 0.416. The molecule has 0 saturated heterocycles. The van der Waals surface area contributed by atoms with Crippen molar-refractivity contribution in [1.82, 2.24) is 14.9 Å². The number of fused-ring (bicyclic) bond motifs is 3. The van der Waals surface area contributed by atoms with Gasteiger partial charge in [-0.25, -0.2) is 0 Å². The van der Waals surface area contributed by atoms with Crippen LogP contribution in [0.2, 0.25) is 0 Å². The summed E-state index contributed by atoms with van der Waals surface area (Å²) in [6.07, 6.45) is 3.49. The van der Waals surface area contributed by atoms with E-state index in [1.165, 1.54) is 0 Å². The van der Waals surface area contributed by atoms with Crippen LogP contribution in [0.25, 0.3) is 22.6 Å². The highest BCUT2D eigenvalue weighted by Gasteiger charge is 2.30. The third-order valence-electron chi connectivity index (χ3n) is 6.00. The predicted octanol–water partition coefficient (Wildman–Crippen LogP) is 4.39. The van der Waals surface area contributed by atoms with E-state index in [4.69, 9.17) is 28.6 Å². The van der Waals surface area contributed by atoms with Crippen molar-refractivity contribution in [2.24, 2.45) is 0 Å². The number of aromatic nitrogens is 3. The fraction of sp³-hybridized carbons (Fsp3) is 0.280. The predicted molar refractivity (Wildman–Crippen MR) is 122 cm³/mol. The van der Waals surface area contributed by atoms with Gasteiger partial charge in [-0.2, -0.15) is 5.10 Å². The van der Waals surface area contributed by atoms with Crippen molar-refractivity contribution in [3.63, 3.8) is 0 Å². The Hall–Kier alpha value is -3.94. The van der Waals surface area contributed by atoms with E-state index in [-0.39, 0.29) is 0 Å². The van der Waals surface area contributed by atoms with E-state index in [0.717, 1.165) is 52.2 Å². The van der Waals surface area contributed by atoms with Crippen molar-refractivity contribution < 1.29 is 23.5 Å². The van der Waals surface area contributed by atoms with Gasteiger partial charge >= 0.3 is 0 Å². The van der Waals surface area contributed by atoms with Crippen LogP contribution in [0.1, 0.15) is 16.8 Å². The van der Waals surface area contributed by atoms with Gasteiger partial charge in [-0.15, -0.1) is 0 Å². The van der Waals surface area contributed by atoms with Gasteiger partial charge in [-0.05, 0) is 48.7 Å². The van der Waals surface area contributed by atoms with E-state index in [2.05, 4.69) is 5.16 Å². The van der Waals surface area contributed by atoms with Crippen molar-refractivity contribution in [3.05, 3.63) is 59.4 Å². The molecule has 0 saturated carbocycles. The maximum absolute atomic E-state index is 5.68. The number of benzene rings is 2. The zero-order valence-electron chi connectivity index (χ0n) is 19.0. The SMILES string of the molecule is COc1ccc(Cn2nc(-c3ccc(OC)c(OC)c3)c3c2CCc2cnoc2-3)cc1OC. The number of ether oxygens (including phenoxy) is 4. The summed E-state index contributed by atoms with van der Waals surface area (Å²) in [5.41, 5.74) is 5.97. The Bertz CT molecular complexity index is 1310.